The lowest BCUT2D eigenvalue weighted by molar-refractivity contribution is 0.131. The summed E-state index contributed by atoms with van der Waals surface area (Å²) in [6, 6.07) is 3.57. The highest BCUT2D eigenvalue weighted by atomic mass is 35.5. The number of hydrogen-bond acceptors (Lipinski definition) is 8. The number of nitrogen functional groups attached to an aromatic ring is 1. The number of nitrogens with two attached hydrogens (primary N) is 2. The first-order chi connectivity index (χ1) is 13.5. The molecule has 1 atom stereocenters. The number of nitrogens with zero attached hydrogens (tertiary/aromatic N) is 5. The van der Waals surface area contributed by atoms with Gasteiger partial charge in [-0.3, -0.25) is 5.10 Å². The summed E-state index contributed by atoms with van der Waals surface area (Å²) in [7, 11) is 0. The van der Waals surface area contributed by atoms with Crippen molar-refractivity contribution in [3.05, 3.63) is 23.5 Å². The molecule has 2 fully saturated rings. The molecule has 0 unspecified atom stereocenters. The van der Waals surface area contributed by atoms with Crippen LogP contribution in [0, 0.1) is 5.41 Å². The maximum absolute atomic E-state index is 6.27. The highest BCUT2D eigenvalue weighted by Gasteiger charge is 2.44. The van der Waals surface area contributed by atoms with E-state index in [0.717, 1.165) is 49.6 Å². The first-order valence-electron chi connectivity index (χ1n) is 9.27. The summed E-state index contributed by atoms with van der Waals surface area (Å²) >= 11 is 6.02. The Bertz CT molecular complexity index is 1010. The van der Waals surface area contributed by atoms with E-state index >= 15 is 0 Å². The number of pyridine rings is 1. The van der Waals surface area contributed by atoms with Crippen molar-refractivity contribution in [1.29, 1.82) is 0 Å². The largest absolute Gasteiger partial charge is 0.384 e. The number of H-pyrrole nitrogens is 1. The van der Waals surface area contributed by atoms with Crippen LogP contribution in [0.5, 0.6) is 0 Å². The summed E-state index contributed by atoms with van der Waals surface area (Å²) in [5, 5.41) is 7.63. The van der Waals surface area contributed by atoms with E-state index < -0.39 is 0 Å². The molecule has 5 rings (SSSR count). The van der Waals surface area contributed by atoms with Crippen LogP contribution < -0.4 is 16.4 Å². The van der Waals surface area contributed by atoms with E-state index in [4.69, 9.17) is 32.8 Å². The first-order valence-corrected chi connectivity index (χ1v) is 9.65. The molecule has 28 heavy (non-hydrogen) atoms. The van der Waals surface area contributed by atoms with Crippen LogP contribution in [0.2, 0.25) is 5.15 Å². The molecular weight excluding hydrogens is 380 g/mol. The zero-order valence-corrected chi connectivity index (χ0v) is 16.0. The summed E-state index contributed by atoms with van der Waals surface area (Å²) in [6.45, 7) is 3.18. The van der Waals surface area contributed by atoms with Crippen molar-refractivity contribution in [3.8, 4) is 11.3 Å². The van der Waals surface area contributed by atoms with Crippen molar-refractivity contribution in [2.75, 3.05) is 36.9 Å². The molecule has 1 spiro atoms. The van der Waals surface area contributed by atoms with Crippen molar-refractivity contribution >= 4 is 34.4 Å². The maximum Gasteiger partial charge on any atom is 0.202 e. The molecule has 3 aromatic rings. The predicted molar refractivity (Wildman–Crippen MR) is 107 cm³/mol. The number of anilines is 2. The second-order valence-corrected chi connectivity index (χ2v) is 7.96. The second-order valence-electron chi connectivity index (χ2n) is 7.57. The third-order valence-corrected chi connectivity index (χ3v) is 6.10. The van der Waals surface area contributed by atoms with Crippen LogP contribution in [0.15, 0.2) is 18.3 Å². The Hall–Kier alpha value is -2.49. The van der Waals surface area contributed by atoms with Gasteiger partial charge in [-0.15, -0.1) is 0 Å². The number of rotatable bonds is 2. The van der Waals surface area contributed by atoms with Gasteiger partial charge in [-0.05, 0) is 25.0 Å². The summed E-state index contributed by atoms with van der Waals surface area (Å²) in [5.74, 6) is 1.16. The number of hydrogen-bond donors (Lipinski definition) is 3. The van der Waals surface area contributed by atoms with Crippen molar-refractivity contribution in [3.63, 3.8) is 0 Å². The van der Waals surface area contributed by atoms with Gasteiger partial charge < -0.3 is 21.1 Å². The molecular formula is C18H21ClN8O. The lowest BCUT2D eigenvalue weighted by atomic mass is 9.75. The normalized spacial score (nSPS) is 21.6. The quantitative estimate of drug-likeness (QED) is 0.552. The van der Waals surface area contributed by atoms with Crippen LogP contribution in [0.25, 0.3) is 22.4 Å². The third kappa shape index (κ3) is 2.86. The molecule has 2 aliphatic rings. The van der Waals surface area contributed by atoms with E-state index in [0.29, 0.717) is 28.7 Å². The standard InChI is InChI=1S/C18H21ClN8O/c19-12-5-10(6-13(21)23-12)15-16-17(26-25-15)24-14(7-22-16)27-3-1-18(2-4-27)9-28-8-11(18)20/h5-7,11H,1-4,8-9,20H2,(H2,21,23)(H,24,25,26)/t11-/m1/s1. The van der Waals surface area contributed by atoms with E-state index in [9.17, 15) is 0 Å². The lowest BCUT2D eigenvalue weighted by Crippen LogP contribution is -2.49. The summed E-state index contributed by atoms with van der Waals surface area (Å²) in [5.41, 5.74) is 14.9. The Morgan fingerprint density at radius 2 is 2.07 bits per heavy atom. The van der Waals surface area contributed by atoms with E-state index in [1.807, 2.05) is 0 Å². The average molecular weight is 401 g/mol. The van der Waals surface area contributed by atoms with E-state index in [2.05, 4.69) is 25.1 Å². The number of aromatic nitrogens is 5. The van der Waals surface area contributed by atoms with Gasteiger partial charge in [0.2, 0.25) is 5.65 Å². The topological polar surface area (TPSA) is 132 Å². The molecule has 10 heteroatoms. The van der Waals surface area contributed by atoms with Crippen LogP contribution in [-0.4, -0.2) is 57.5 Å². The van der Waals surface area contributed by atoms with Crippen LogP contribution in [0.3, 0.4) is 0 Å². The minimum Gasteiger partial charge on any atom is -0.384 e. The molecule has 0 saturated carbocycles. The Morgan fingerprint density at radius 1 is 1.25 bits per heavy atom. The molecule has 2 saturated heterocycles. The van der Waals surface area contributed by atoms with E-state index in [1.165, 1.54) is 0 Å². The fourth-order valence-corrected chi connectivity index (χ4v) is 4.39. The molecule has 0 aliphatic carbocycles. The molecule has 2 aliphatic heterocycles. The summed E-state index contributed by atoms with van der Waals surface area (Å²) < 4.78 is 5.60. The monoisotopic (exact) mass is 400 g/mol. The molecule has 0 radical (unpaired) electrons. The molecule has 146 valence electrons. The van der Waals surface area contributed by atoms with Gasteiger partial charge in [0.05, 0.1) is 25.1 Å². The number of ether oxygens (including phenoxy) is 1. The molecule has 3 aromatic heterocycles. The SMILES string of the molecule is Nc1cc(-c2[nH]nc3nc(N4CCC5(CC4)COC[C@H]5N)cnc23)cc(Cl)n1. The Morgan fingerprint density at radius 3 is 2.79 bits per heavy atom. The number of halogens is 1. The van der Waals surface area contributed by atoms with E-state index in [1.54, 1.807) is 18.3 Å². The zero-order valence-electron chi connectivity index (χ0n) is 15.2. The smallest absolute Gasteiger partial charge is 0.202 e. The predicted octanol–water partition coefficient (Wildman–Crippen LogP) is 1.59. The van der Waals surface area contributed by atoms with Gasteiger partial charge >= 0.3 is 0 Å². The molecule has 0 aromatic carbocycles. The average Bonchev–Trinajstić information content (AvgIpc) is 3.25. The maximum atomic E-state index is 6.27. The van der Waals surface area contributed by atoms with Crippen molar-refractivity contribution in [1.82, 2.24) is 25.1 Å². The van der Waals surface area contributed by atoms with Crippen LogP contribution >= 0.6 is 11.6 Å². The van der Waals surface area contributed by atoms with Gasteiger partial charge in [-0.2, -0.15) is 5.10 Å². The van der Waals surface area contributed by atoms with Gasteiger partial charge in [0.25, 0.3) is 0 Å². The fourth-order valence-electron chi connectivity index (χ4n) is 4.17. The van der Waals surface area contributed by atoms with Gasteiger partial charge in [0.1, 0.15) is 22.3 Å². The van der Waals surface area contributed by atoms with E-state index in [-0.39, 0.29) is 11.5 Å². The number of fused-ring (bicyclic) bond motifs is 1. The molecule has 5 heterocycles. The summed E-state index contributed by atoms with van der Waals surface area (Å²) in [6.07, 6.45) is 3.78. The molecule has 0 bridgehead atoms. The minimum atomic E-state index is 0.105. The fraction of sp³-hybridized carbons (Fsp3) is 0.444. The zero-order chi connectivity index (χ0) is 19.3. The van der Waals surface area contributed by atoms with Crippen LogP contribution in [0.1, 0.15) is 12.8 Å². The second kappa shape index (κ2) is 6.54. The third-order valence-electron chi connectivity index (χ3n) is 5.91. The van der Waals surface area contributed by atoms with Crippen molar-refractivity contribution in [2.24, 2.45) is 11.1 Å². The van der Waals surface area contributed by atoms with Crippen LogP contribution in [0.4, 0.5) is 11.6 Å². The van der Waals surface area contributed by atoms with Gasteiger partial charge in [0.15, 0.2) is 0 Å². The lowest BCUT2D eigenvalue weighted by Gasteiger charge is -2.41. The van der Waals surface area contributed by atoms with Crippen molar-refractivity contribution < 1.29 is 4.74 Å². The Labute approximate surface area is 166 Å². The minimum absolute atomic E-state index is 0.105. The highest BCUT2D eigenvalue weighted by molar-refractivity contribution is 6.29. The van der Waals surface area contributed by atoms with Gasteiger partial charge in [-0.1, -0.05) is 11.6 Å². The molecule has 5 N–H and O–H groups in total. The van der Waals surface area contributed by atoms with Gasteiger partial charge in [0, 0.05) is 30.1 Å². The molecule has 9 nitrogen and oxygen atoms in total. The van der Waals surface area contributed by atoms with Crippen molar-refractivity contribution in [2.45, 2.75) is 18.9 Å². The molecule has 0 amide bonds. The first kappa shape index (κ1) is 17.6. The summed E-state index contributed by atoms with van der Waals surface area (Å²) in [4.78, 5) is 15.5. The van der Waals surface area contributed by atoms with Crippen LogP contribution in [-0.2, 0) is 4.74 Å². The number of aromatic amines is 1. The Balaban J connectivity index is 1.41. The van der Waals surface area contributed by atoms with Gasteiger partial charge in [-0.25, -0.2) is 15.0 Å². The highest BCUT2D eigenvalue weighted by Crippen LogP contribution is 2.39. The number of piperidine rings is 1. The number of nitrogens with one attached hydrogen (secondary N) is 1. The Kier molecular flexibility index (Phi) is 4.11.